The highest BCUT2D eigenvalue weighted by atomic mass is 32.2. The zero-order valence-corrected chi connectivity index (χ0v) is 14.4. The van der Waals surface area contributed by atoms with Crippen LogP contribution in [0.1, 0.15) is 12.5 Å². The summed E-state index contributed by atoms with van der Waals surface area (Å²) in [6.07, 6.45) is 0.216. The zero-order chi connectivity index (χ0) is 17.2. The van der Waals surface area contributed by atoms with Crippen LogP contribution in [0.2, 0.25) is 0 Å². The van der Waals surface area contributed by atoms with Gasteiger partial charge < -0.3 is 13.7 Å². The van der Waals surface area contributed by atoms with E-state index < -0.39 is 0 Å². The Morgan fingerprint density at radius 3 is 2.33 bits per heavy atom. The topological polar surface area (TPSA) is 44.8 Å². The van der Waals surface area contributed by atoms with Crippen LogP contribution in [0.15, 0.2) is 53.4 Å². The number of carbonyl (C=O) groups is 1. The van der Waals surface area contributed by atoms with Gasteiger partial charge in [-0.3, -0.25) is 4.79 Å². The third-order valence-corrected chi connectivity index (χ3v) is 3.78. The molecule has 0 radical (unpaired) electrons. The molecule has 5 heteroatoms. The van der Waals surface area contributed by atoms with Crippen molar-refractivity contribution in [3.05, 3.63) is 54.1 Å². The summed E-state index contributed by atoms with van der Waals surface area (Å²) in [5.41, 5.74) is 0.877. The maximum Gasteiger partial charge on any atom is 0.322 e. The fourth-order valence-electron chi connectivity index (χ4n) is 1.82. The van der Waals surface area contributed by atoms with E-state index in [4.69, 9.17) is 13.7 Å². The van der Waals surface area contributed by atoms with E-state index in [-0.39, 0.29) is 12.4 Å². The van der Waals surface area contributed by atoms with Crippen molar-refractivity contribution in [2.24, 2.45) is 0 Å². The first-order chi connectivity index (χ1) is 11.7. The highest BCUT2D eigenvalue weighted by Crippen LogP contribution is 2.23. The molecule has 0 unspecified atom stereocenters. The summed E-state index contributed by atoms with van der Waals surface area (Å²) in [4.78, 5) is 12.7. The molecule has 0 atom stereocenters. The molecule has 124 valence electrons. The fraction of sp³-hybridized carbons (Fsp3) is 0.211. The number of hydrogen-bond donors (Lipinski definition) is 0. The average Bonchev–Trinajstić information content (AvgIpc) is 2.62. The van der Waals surface area contributed by atoms with Crippen LogP contribution >= 0.6 is 12.0 Å². The van der Waals surface area contributed by atoms with E-state index in [9.17, 15) is 4.79 Å². The Bertz CT molecular complexity index is 712. The van der Waals surface area contributed by atoms with Crippen LogP contribution < -0.4 is 9.47 Å². The molecule has 2 aromatic carbocycles. The molecule has 0 aromatic heterocycles. The Labute approximate surface area is 146 Å². The number of rotatable bonds is 7. The Hall–Kier alpha value is -2.58. The number of benzene rings is 2. The highest BCUT2D eigenvalue weighted by Gasteiger charge is 2.07. The molecular weight excluding hydrogens is 324 g/mol. The molecule has 24 heavy (non-hydrogen) atoms. The van der Waals surface area contributed by atoms with Crippen LogP contribution in [0.25, 0.3) is 0 Å². The number of carbonyl (C=O) groups excluding carboxylic acids is 1. The van der Waals surface area contributed by atoms with Crippen LogP contribution in [0.3, 0.4) is 0 Å². The van der Waals surface area contributed by atoms with Gasteiger partial charge in [-0.25, -0.2) is 0 Å². The number of hydrogen-bond acceptors (Lipinski definition) is 5. The molecular formula is C19H18O4S. The van der Waals surface area contributed by atoms with Gasteiger partial charge in [-0.15, -0.1) is 5.92 Å². The molecule has 0 aliphatic rings. The summed E-state index contributed by atoms with van der Waals surface area (Å²) in [6.45, 7) is 2.13. The lowest BCUT2D eigenvalue weighted by Gasteiger charge is -2.05. The second-order valence-corrected chi connectivity index (χ2v) is 5.56. The Balaban J connectivity index is 1.79. The molecule has 0 amide bonds. The average molecular weight is 342 g/mol. The van der Waals surface area contributed by atoms with E-state index in [1.54, 1.807) is 14.0 Å². The first-order valence-electron chi connectivity index (χ1n) is 7.34. The Morgan fingerprint density at radius 2 is 1.71 bits per heavy atom. The summed E-state index contributed by atoms with van der Waals surface area (Å²) >= 11 is 1.03. The van der Waals surface area contributed by atoms with Gasteiger partial charge in [0.1, 0.15) is 18.1 Å². The standard InChI is InChI=1S/C19H18O4S/c1-3-4-13-22-17-9-11-18(12-10-17)24-23-19(20)14-15-5-7-16(21-2)8-6-15/h5-12H,13-14H2,1-2H3. The van der Waals surface area contributed by atoms with E-state index in [0.717, 1.165) is 34.0 Å². The zero-order valence-electron chi connectivity index (χ0n) is 13.6. The minimum Gasteiger partial charge on any atom is -0.497 e. The van der Waals surface area contributed by atoms with Crippen LogP contribution in [0.5, 0.6) is 11.5 Å². The van der Waals surface area contributed by atoms with Crippen molar-refractivity contribution >= 4 is 18.0 Å². The third-order valence-electron chi connectivity index (χ3n) is 3.05. The van der Waals surface area contributed by atoms with E-state index in [0.29, 0.717) is 6.61 Å². The fourth-order valence-corrected chi connectivity index (χ4v) is 2.31. The summed E-state index contributed by atoms with van der Waals surface area (Å²) < 4.78 is 15.7. The smallest absolute Gasteiger partial charge is 0.322 e. The molecule has 0 saturated heterocycles. The predicted molar refractivity (Wildman–Crippen MR) is 94.0 cm³/mol. The van der Waals surface area contributed by atoms with Crippen LogP contribution in [0, 0.1) is 11.8 Å². The maximum absolute atomic E-state index is 11.9. The molecule has 4 nitrogen and oxygen atoms in total. The highest BCUT2D eigenvalue weighted by molar-refractivity contribution is 7.95. The van der Waals surface area contributed by atoms with Gasteiger partial charge in [-0.2, -0.15) is 0 Å². The molecule has 0 bridgehead atoms. The lowest BCUT2D eigenvalue weighted by Crippen LogP contribution is -2.03. The van der Waals surface area contributed by atoms with Crippen molar-refractivity contribution in [2.45, 2.75) is 18.2 Å². The first kappa shape index (κ1) is 17.8. The second-order valence-electron chi connectivity index (χ2n) is 4.75. The molecule has 0 saturated carbocycles. The summed E-state index contributed by atoms with van der Waals surface area (Å²) in [7, 11) is 1.60. The van der Waals surface area contributed by atoms with Gasteiger partial charge in [-0.1, -0.05) is 18.1 Å². The molecule has 2 aromatic rings. The molecule has 0 N–H and O–H groups in total. The molecule has 0 spiro atoms. The summed E-state index contributed by atoms with van der Waals surface area (Å²) in [6, 6.07) is 14.6. The van der Waals surface area contributed by atoms with E-state index in [1.165, 1.54) is 0 Å². The van der Waals surface area contributed by atoms with Crippen molar-refractivity contribution in [3.63, 3.8) is 0 Å². The SMILES string of the molecule is CC#CCOc1ccc(SOC(=O)Cc2ccc(OC)cc2)cc1. The van der Waals surface area contributed by atoms with Gasteiger partial charge in [-0.05, 0) is 48.9 Å². The van der Waals surface area contributed by atoms with Gasteiger partial charge in [0.05, 0.1) is 25.6 Å². The van der Waals surface area contributed by atoms with Crippen LogP contribution in [-0.2, 0) is 15.4 Å². The number of methoxy groups -OCH3 is 1. The molecule has 0 aliphatic carbocycles. The van der Waals surface area contributed by atoms with E-state index >= 15 is 0 Å². The van der Waals surface area contributed by atoms with Crippen LogP contribution in [-0.4, -0.2) is 19.7 Å². The van der Waals surface area contributed by atoms with Gasteiger partial charge in [0.15, 0.2) is 0 Å². The summed E-state index contributed by atoms with van der Waals surface area (Å²) in [5.74, 6) is 6.78. The molecule has 0 aliphatic heterocycles. The lowest BCUT2D eigenvalue weighted by atomic mass is 10.1. The lowest BCUT2D eigenvalue weighted by molar-refractivity contribution is -0.132. The maximum atomic E-state index is 11.9. The minimum absolute atomic E-state index is 0.216. The largest absolute Gasteiger partial charge is 0.497 e. The van der Waals surface area contributed by atoms with Crippen molar-refractivity contribution in [3.8, 4) is 23.3 Å². The van der Waals surface area contributed by atoms with Gasteiger partial charge in [0.25, 0.3) is 0 Å². The van der Waals surface area contributed by atoms with Crippen molar-refractivity contribution in [2.75, 3.05) is 13.7 Å². The molecule has 0 heterocycles. The Morgan fingerprint density at radius 1 is 1.04 bits per heavy atom. The Kier molecular flexibility index (Phi) is 7.06. The van der Waals surface area contributed by atoms with Gasteiger partial charge in [0, 0.05) is 4.90 Å². The van der Waals surface area contributed by atoms with Crippen molar-refractivity contribution < 1.29 is 18.5 Å². The third kappa shape index (κ3) is 5.90. The normalized spacial score (nSPS) is 9.58. The van der Waals surface area contributed by atoms with Crippen molar-refractivity contribution in [1.29, 1.82) is 0 Å². The van der Waals surface area contributed by atoms with Gasteiger partial charge in [0.2, 0.25) is 0 Å². The van der Waals surface area contributed by atoms with Crippen LogP contribution in [0.4, 0.5) is 0 Å². The second kappa shape index (κ2) is 9.53. The van der Waals surface area contributed by atoms with E-state index in [2.05, 4.69) is 11.8 Å². The molecule has 0 fully saturated rings. The van der Waals surface area contributed by atoms with E-state index in [1.807, 2.05) is 48.5 Å². The monoisotopic (exact) mass is 342 g/mol. The predicted octanol–water partition coefficient (Wildman–Crippen LogP) is 3.89. The first-order valence-corrected chi connectivity index (χ1v) is 8.08. The number of ether oxygens (including phenoxy) is 2. The summed E-state index contributed by atoms with van der Waals surface area (Å²) in [5, 5.41) is 0. The quantitative estimate of drug-likeness (QED) is 0.564. The van der Waals surface area contributed by atoms with Crippen molar-refractivity contribution in [1.82, 2.24) is 0 Å². The van der Waals surface area contributed by atoms with Gasteiger partial charge >= 0.3 is 5.97 Å². The minimum atomic E-state index is -0.302. The molecule has 2 rings (SSSR count).